The minimum atomic E-state index is -0.290. The van der Waals surface area contributed by atoms with E-state index in [2.05, 4.69) is 5.32 Å². The fourth-order valence-electron chi connectivity index (χ4n) is 2.30. The highest BCUT2D eigenvalue weighted by Crippen LogP contribution is 2.07. The Morgan fingerprint density at radius 2 is 1.52 bits per heavy atom. The molecule has 128 valence electrons. The fraction of sp³-hybridized carbons (Fsp3) is 0.625. The molecule has 0 aromatic carbocycles. The predicted molar refractivity (Wildman–Crippen MR) is 85.0 cm³/mol. The number of primary amides is 1. The van der Waals surface area contributed by atoms with Crippen LogP contribution in [-0.4, -0.2) is 41.6 Å². The molecular weight excluding hydrogens is 298 g/mol. The van der Waals surface area contributed by atoms with Crippen LogP contribution in [0.4, 0.5) is 0 Å². The largest absolute Gasteiger partial charge is 0.370 e. The number of rotatable bonds is 12. The summed E-state index contributed by atoms with van der Waals surface area (Å²) in [6.07, 6.45) is 8.10. The summed E-state index contributed by atoms with van der Waals surface area (Å²) < 4.78 is 0. The van der Waals surface area contributed by atoms with Gasteiger partial charge in [-0.3, -0.25) is 24.1 Å². The van der Waals surface area contributed by atoms with Gasteiger partial charge in [0.15, 0.2) is 0 Å². The van der Waals surface area contributed by atoms with Gasteiger partial charge in [0.1, 0.15) is 0 Å². The van der Waals surface area contributed by atoms with Crippen LogP contribution < -0.4 is 11.1 Å². The molecule has 23 heavy (non-hydrogen) atoms. The summed E-state index contributed by atoms with van der Waals surface area (Å²) in [4.78, 5) is 46.0. The lowest BCUT2D eigenvalue weighted by atomic mass is 10.1. The summed E-state index contributed by atoms with van der Waals surface area (Å²) in [5.41, 5.74) is 5.04. The summed E-state index contributed by atoms with van der Waals surface area (Å²) >= 11 is 0. The van der Waals surface area contributed by atoms with E-state index in [1.165, 1.54) is 17.1 Å². The summed E-state index contributed by atoms with van der Waals surface area (Å²) in [6.45, 7) is 1.02. The first-order chi connectivity index (χ1) is 11.0. The molecule has 0 saturated carbocycles. The van der Waals surface area contributed by atoms with E-state index in [0.717, 1.165) is 32.1 Å². The van der Waals surface area contributed by atoms with E-state index in [1.54, 1.807) is 0 Å². The molecule has 0 aliphatic carbocycles. The van der Waals surface area contributed by atoms with Crippen molar-refractivity contribution in [3.8, 4) is 0 Å². The van der Waals surface area contributed by atoms with Crippen molar-refractivity contribution in [2.75, 3.05) is 13.1 Å². The Kier molecular flexibility index (Phi) is 8.64. The smallest absolute Gasteiger partial charge is 0.253 e. The maximum atomic E-state index is 11.6. The monoisotopic (exact) mass is 323 g/mol. The number of hydrogen-bond donors (Lipinski definition) is 2. The first-order valence-electron chi connectivity index (χ1n) is 8.09. The number of carbonyl (C=O) groups is 4. The third-order valence-electron chi connectivity index (χ3n) is 3.61. The first-order valence-corrected chi connectivity index (χ1v) is 8.09. The van der Waals surface area contributed by atoms with Crippen LogP contribution in [0.1, 0.15) is 51.4 Å². The molecular formula is C16H25N3O4. The Balaban J connectivity index is 1.93. The minimum Gasteiger partial charge on any atom is -0.370 e. The second kappa shape index (κ2) is 10.5. The molecule has 0 spiro atoms. The van der Waals surface area contributed by atoms with E-state index >= 15 is 0 Å². The van der Waals surface area contributed by atoms with Crippen LogP contribution in [0.5, 0.6) is 0 Å². The Morgan fingerprint density at radius 3 is 2.17 bits per heavy atom. The topological polar surface area (TPSA) is 110 Å². The van der Waals surface area contributed by atoms with Crippen molar-refractivity contribution < 1.29 is 19.2 Å². The van der Waals surface area contributed by atoms with Gasteiger partial charge in [-0.2, -0.15) is 0 Å². The van der Waals surface area contributed by atoms with Crippen molar-refractivity contribution >= 4 is 23.6 Å². The van der Waals surface area contributed by atoms with Crippen molar-refractivity contribution in [3.05, 3.63) is 12.2 Å². The van der Waals surface area contributed by atoms with E-state index in [4.69, 9.17) is 5.73 Å². The van der Waals surface area contributed by atoms with Crippen LogP contribution in [0, 0.1) is 0 Å². The van der Waals surface area contributed by atoms with Gasteiger partial charge in [-0.1, -0.05) is 12.8 Å². The second-order valence-corrected chi connectivity index (χ2v) is 5.60. The van der Waals surface area contributed by atoms with Crippen molar-refractivity contribution in [3.63, 3.8) is 0 Å². The van der Waals surface area contributed by atoms with Gasteiger partial charge in [0.2, 0.25) is 11.8 Å². The van der Waals surface area contributed by atoms with E-state index < -0.39 is 0 Å². The number of unbranched alkanes of at least 4 members (excludes halogenated alkanes) is 4. The number of nitrogens with two attached hydrogens (primary N) is 1. The third kappa shape index (κ3) is 8.13. The van der Waals surface area contributed by atoms with Gasteiger partial charge in [0.05, 0.1) is 0 Å². The lowest BCUT2D eigenvalue weighted by Crippen LogP contribution is -2.30. The second-order valence-electron chi connectivity index (χ2n) is 5.60. The zero-order chi connectivity index (χ0) is 17.1. The molecule has 7 nitrogen and oxygen atoms in total. The minimum absolute atomic E-state index is 0.00916. The summed E-state index contributed by atoms with van der Waals surface area (Å²) in [6, 6.07) is 0. The van der Waals surface area contributed by atoms with Crippen molar-refractivity contribution in [1.29, 1.82) is 0 Å². The van der Waals surface area contributed by atoms with Gasteiger partial charge in [-0.15, -0.1) is 0 Å². The molecule has 7 heteroatoms. The Bertz CT molecular complexity index is 456. The van der Waals surface area contributed by atoms with E-state index in [1.807, 2.05) is 0 Å². The molecule has 4 amide bonds. The third-order valence-corrected chi connectivity index (χ3v) is 3.61. The van der Waals surface area contributed by atoms with E-state index in [9.17, 15) is 19.2 Å². The number of imide groups is 1. The van der Waals surface area contributed by atoms with Crippen LogP contribution >= 0.6 is 0 Å². The number of hydrogen-bond acceptors (Lipinski definition) is 4. The lowest BCUT2D eigenvalue weighted by Gasteiger charge is -2.13. The summed E-state index contributed by atoms with van der Waals surface area (Å²) in [5, 5.41) is 2.83. The van der Waals surface area contributed by atoms with Gasteiger partial charge in [-0.05, 0) is 25.7 Å². The summed E-state index contributed by atoms with van der Waals surface area (Å²) in [7, 11) is 0. The number of nitrogens with zero attached hydrogens (tertiary/aromatic N) is 1. The van der Waals surface area contributed by atoms with E-state index in [-0.39, 0.29) is 23.6 Å². The highest BCUT2D eigenvalue weighted by Gasteiger charge is 2.22. The molecule has 0 saturated heterocycles. The molecule has 0 atom stereocenters. The van der Waals surface area contributed by atoms with Crippen molar-refractivity contribution in [2.24, 2.45) is 5.73 Å². The lowest BCUT2D eigenvalue weighted by molar-refractivity contribution is -0.137. The molecule has 1 rings (SSSR count). The van der Waals surface area contributed by atoms with Crippen LogP contribution in [-0.2, 0) is 19.2 Å². The van der Waals surface area contributed by atoms with Gasteiger partial charge in [-0.25, -0.2) is 0 Å². The van der Waals surface area contributed by atoms with E-state index in [0.29, 0.717) is 32.4 Å². The number of nitrogens with one attached hydrogen (secondary N) is 1. The molecule has 0 unspecified atom stereocenters. The highest BCUT2D eigenvalue weighted by molar-refractivity contribution is 6.12. The highest BCUT2D eigenvalue weighted by atomic mass is 16.2. The standard InChI is InChI=1S/C16H25N3O4/c17-13(20)7-3-1-5-11-18-14(21)8-4-2-6-12-19-15(22)9-10-16(19)23/h9-10H,1-8,11-12H2,(H2,17,20)(H,18,21). The molecule has 0 aromatic rings. The Hall–Kier alpha value is -2.18. The molecule has 1 aliphatic heterocycles. The SMILES string of the molecule is NC(=O)CCCCCNC(=O)CCCCCN1C(=O)C=CC1=O. The predicted octanol–water partition coefficient (Wildman–Crippen LogP) is 0.634. The molecule has 1 aliphatic rings. The van der Waals surface area contributed by atoms with Gasteiger partial charge in [0.25, 0.3) is 11.8 Å². The molecule has 0 bridgehead atoms. The Labute approximate surface area is 136 Å². The van der Waals surface area contributed by atoms with Crippen LogP contribution in [0.15, 0.2) is 12.2 Å². The number of carbonyl (C=O) groups excluding carboxylic acids is 4. The average Bonchev–Trinajstić information content (AvgIpc) is 2.81. The fourth-order valence-corrected chi connectivity index (χ4v) is 2.30. The number of amides is 4. The zero-order valence-electron chi connectivity index (χ0n) is 13.4. The van der Waals surface area contributed by atoms with Gasteiger partial charge in [0, 0.05) is 38.1 Å². The summed E-state index contributed by atoms with van der Waals surface area (Å²) in [5.74, 6) is -0.801. The van der Waals surface area contributed by atoms with Crippen molar-refractivity contribution in [1.82, 2.24) is 10.2 Å². The molecule has 3 N–H and O–H groups in total. The molecule has 0 radical (unpaired) electrons. The normalized spacial score (nSPS) is 13.7. The maximum absolute atomic E-state index is 11.6. The van der Waals surface area contributed by atoms with Crippen LogP contribution in [0.25, 0.3) is 0 Å². The zero-order valence-corrected chi connectivity index (χ0v) is 13.4. The van der Waals surface area contributed by atoms with Gasteiger partial charge < -0.3 is 11.1 Å². The maximum Gasteiger partial charge on any atom is 0.253 e. The first kappa shape index (κ1) is 18.9. The molecule has 0 fully saturated rings. The average molecular weight is 323 g/mol. The molecule has 0 aromatic heterocycles. The quantitative estimate of drug-likeness (QED) is 0.405. The van der Waals surface area contributed by atoms with Crippen LogP contribution in [0.3, 0.4) is 0 Å². The van der Waals surface area contributed by atoms with Crippen LogP contribution in [0.2, 0.25) is 0 Å². The Morgan fingerprint density at radius 1 is 0.913 bits per heavy atom. The van der Waals surface area contributed by atoms with Gasteiger partial charge >= 0.3 is 0 Å². The van der Waals surface area contributed by atoms with Crippen molar-refractivity contribution in [2.45, 2.75) is 51.4 Å². The molecule has 1 heterocycles.